The summed E-state index contributed by atoms with van der Waals surface area (Å²) in [6.07, 6.45) is 4.47. The lowest BCUT2D eigenvalue weighted by molar-refractivity contribution is -0.130. The highest BCUT2D eigenvalue weighted by molar-refractivity contribution is 9.10. The second-order valence-electron chi connectivity index (χ2n) is 4.24. The van der Waals surface area contributed by atoms with E-state index in [1.54, 1.807) is 0 Å². The number of carbonyl (C=O) groups is 1. The molecular weight excluding hydrogens is 242 g/mol. The Hall–Kier alpha value is -0.0500. The van der Waals surface area contributed by atoms with E-state index in [4.69, 9.17) is 0 Å². The first-order valence-corrected chi connectivity index (χ1v) is 6.49. The zero-order valence-electron chi connectivity index (χ0n) is 9.13. The van der Waals surface area contributed by atoms with E-state index in [2.05, 4.69) is 22.9 Å². The monoisotopic (exact) mass is 261 g/mol. The topological polar surface area (TPSA) is 20.3 Å². The predicted octanol–water partition coefficient (Wildman–Crippen LogP) is 2.81. The zero-order chi connectivity index (χ0) is 10.6. The van der Waals surface area contributed by atoms with Gasteiger partial charge in [0.15, 0.2) is 0 Å². The molecule has 0 aliphatic carbocycles. The highest BCUT2D eigenvalue weighted by Crippen LogP contribution is 2.18. The Morgan fingerprint density at radius 2 is 2.21 bits per heavy atom. The SMILES string of the molecule is CCC(Br)C(=O)N1CCCC(C)CC1. The fourth-order valence-electron chi connectivity index (χ4n) is 1.86. The van der Waals surface area contributed by atoms with Crippen LogP contribution in [0.2, 0.25) is 0 Å². The average Bonchev–Trinajstić information content (AvgIpc) is 2.40. The third-order valence-corrected chi connectivity index (χ3v) is 3.99. The van der Waals surface area contributed by atoms with Crippen molar-refractivity contribution in [3.05, 3.63) is 0 Å². The number of rotatable bonds is 2. The number of likely N-dealkylation sites (tertiary alicyclic amines) is 1. The van der Waals surface area contributed by atoms with Gasteiger partial charge < -0.3 is 4.90 Å². The van der Waals surface area contributed by atoms with Crippen LogP contribution in [0, 0.1) is 5.92 Å². The van der Waals surface area contributed by atoms with Gasteiger partial charge >= 0.3 is 0 Å². The van der Waals surface area contributed by atoms with Crippen molar-refractivity contribution in [2.24, 2.45) is 5.92 Å². The second kappa shape index (κ2) is 5.74. The number of amides is 1. The third-order valence-electron chi connectivity index (χ3n) is 2.95. The van der Waals surface area contributed by atoms with E-state index >= 15 is 0 Å². The summed E-state index contributed by atoms with van der Waals surface area (Å²) < 4.78 is 0. The van der Waals surface area contributed by atoms with Gasteiger partial charge in [-0.1, -0.05) is 29.8 Å². The van der Waals surface area contributed by atoms with Crippen LogP contribution in [0.5, 0.6) is 0 Å². The quantitative estimate of drug-likeness (QED) is 0.701. The van der Waals surface area contributed by atoms with E-state index in [-0.39, 0.29) is 10.7 Å². The number of carbonyl (C=O) groups excluding carboxylic acids is 1. The summed E-state index contributed by atoms with van der Waals surface area (Å²) >= 11 is 3.43. The first kappa shape index (κ1) is 12.0. The lowest BCUT2D eigenvalue weighted by atomic mass is 10.0. The molecule has 2 nitrogen and oxygen atoms in total. The smallest absolute Gasteiger partial charge is 0.236 e. The first-order chi connectivity index (χ1) is 6.65. The van der Waals surface area contributed by atoms with Gasteiger partial charge in [-0.15, -0.1) is 0 Å². The number of hydrogen-bond acceptors (Lipinski definition) is 1. The number of hydrogen-bond donors (Lipinski definition) is 0. The fourth-order valence-corrected chi connectivity index (χ4v) is 2.15. The molecule has 0 N–H and O–H groups in total. The molecule has 0 aromatic rings. The summed E-state index contributed by atoms with van der Waals surface area (Å²) in [6, 6.07) is 0. The molecule has 14 heavy (non-hydrogen) atoms. The minimum atomic E-state index is 0.0240. The number of halogens is 1. The van der Waals surface area contributed by atoms with Gasteiger partial charge in [-0.2, -0.15) is 0 Å². The summed E-state index contributed by atoms with van der Waals surface area (Å²) in [5, 5.41) is 0. The largest absolute Gasteiger partial charge is 0.342 e. The van der Waals surface area contributed by atoms with E-state index < -0.39 is 0 Å². The molecule has 0 spiro atoms. The van der Waals surface area contributed by atoms with Gasteiger partial charge in [-0.05, 0) is 31.6 Å². The van der Waals surface area contributed by atoms with Gasteiger partial charge in [0.05, 0.1) is 4.83 Å². The molecule has 0 radical (unpaired) electrons. The van der Waals surface area contributed by atoms with Crippen LogP contribution in [0.3, 0.4) is 0 Å². The van der Waals surface area contributed by atoms with Crippen molar-refractivity contribution < 1.29 is 4.79 Å². The number of nitrogens with zero attached hydrogens (tertiary/aromatic N) is 1. The Balaban J connectivity index is 2.47. The van der Waals surface area contributed by atoms with Gasteiger partial charge in [-0.25, -0.2) is 0 Å². The fraction of sp³-hybridized carbons (Fsp3) is 0.909. The van der Waals surface area contributed by atoms with Gasteiger partial charge in [0.25, 0.3) is 0 Å². The van der Waals surface area contributed by atoms with Gasteiger partial charge in [0.2, 0.25) is 5.91 Å². The maximum Gasteiger partial charge on any atom is 0.236 e. The Labute approximate surface area is 95.2 Å². The summed E-state index contributed by atoms with van der Waals surface area (Å²) in [7, 11) is 0. The molecule has 0 aromatic heterocycles. The predicted molar refractivity (Wildman–Crippen MR) is 62.6 cm³/mol. The molecule has 1 amide bonds. The molecule has 0 saturated carbocycles. The standard InChI is InChI=1S/C11H20BrNO/c1-3-10(12)11(14)13-7-4-5-9(2)6-8-13/h9-10H,3-8H2,1-2H3. The molecule has 2 unspecified atom stereocenters. The summed E-state index contributed by atoms with van der Waals surface area (Å²) in [6.45, 7) is 6.21. The molecule has 1 heterocycles. The van der Waals surface area contributed by atoms with Crippen molar-refractivity contribution in [3.8, 4) is 0 Å². The van der Waals surface area contributed by atoms with E-state index in [1.807, 2.05) is 11.8 Å². The van der Waals surface area contributed by atoms with Crippen molar-refractivity contribution in [1.82, 2.24) is 4.90 Å². The summed E-state index contributed by atoms with van der Waals surface area (Å²) in [5.74, 6) is 1.06. The van der Waals surface area contributed by atoms with Crippen LogP contribution in [0.15, 0.2) is 0 Å². The molecule has 3 heteroatoms. The Morgan fingerprint density at radius 3 is 2.86 bits per heavy atom. The van der Waals surface area contributed by atoms with E-state index in [9.17, 15) is 4.79 Å². The lowest BCUT2D eigenvalue weighted by Crippen LogP contribution is -2.37. The molecule has 1 fully saturated rings. The van der Waals surface area contributed by atoms with Crippen LogP contribution < -0.4 is 0 Å². The number of alkyl halides is 1. The van der Waals surface area contributed by atoms with Crippen molar-refractivity contribution in [3.63, 3.8) is 0 Å². The van der Waals surface area contributed by atoms with E-state index in [0.29, 0.717) is 0 Å². The Morgan fingerprint density at radius 1 is 1.50 bits per heavy atom. The molecule has 1 saturated heterocycles. The Bertz CT molecular complexity index is 196. The summed E-state index contributed by atoms with van der Waals surface area (Å²) in [4.78, 5) is 13.9. The molecule has 0 bridgehead atoms. The molecule has 2 atom stereocenters. The molecule has 1 aliphatic heterocycles. The van der Waals surface area contributed by atoms with Crippen molar-refractivity contribution in [2.45, 2.75) is 44.4 Å². The van der Waals surface area contributed by atoms with E-state index in [1.165, 1.54) is 6.42 Å². The maximum absolute atomic E-state index is 11.9. The van der Waals surface area contributed by atoms with Crippen LogP contribution in [0.4, 0.5) is 0 Å². The first-order valence-electron chi connectivity index (χ1n) is 5.58. The van der Waals surface area contributed by atoms with Crippen molar-refractivity contribution in [1.29, 1.82) is 0 Å². The minimum absolute atomic E-state index is 0.0240. The van der Waals surface area contributed by atoms with Crippen LogP contribution in [0.25, 0.3) is 0 Å². The van der Waals surface area contributed by atoms with E-state index in [0.717, 1.165) is 38.3 Å². The lowest BCUT2D eigenvalue weighted by Gasteiger charge is -2.22. The molecule has 1 rings (SSSR count). The van der Waals surface area contributed by atoms with Gasteiger partial charge in [-0.3, -0.25) is 4.79 Å². The summed E-state index contributed by atoms with van der Waals surface area (Å²) in [5.41, 5.74) is 0. The molecule has 0 aromatic carbocycles. The van der Waals surface area contributed by atoms with Crippen LogP contribution in [-0.2, 0) is 4.79 Å². The van der Waals surface area contributed by atoms with Crippen molar-refractivity contribution >= 4 is 21.8 Å². The third kappa shape index (κ3) is 3.26. The van der Waals surface area contributed by atoms with Crippen LogP contribution >= 0.6 is 15.9 Å². The molecular formula is C11H20BrNO. The zero-order valence-corrected chi connectivity index (χ0v) is 10.7. The Kier molecular flexibility index (Phi) is 4.93. The highest BCUT2D eigenvalue weighted by Gasteiger charge is 2.22. The van der Waals surface area contributed by atoms with Gasteiger partial charge in [0, 0.05) is 13.1 Å². The normalized spacial score (nSPS) is 25.6. The van der Waals surface area contributed by atoms with Crippen LogP contribution in [0.1, 0.15) is 39.5 Å². The highest BCUT2D eigenvalue weighted by atomic mass is 79.9. The minimum Gasteiger partial charge on any atom is -0.342 e. The molecule has 82 valence electrons. The maximum atomic E-state index is 11.9. The van der Waals surface area contributed by atoms with Crippen LogP contribution in [-0.4, -0.2) is 28.7 Å². The average molecular weight is 262 g/mol. The van der Waals surface area contributed by atoms with Gasteiger partial charge in [0.1, 0.15) is 0 Å². The van der Waals surface area contributed by atoms with Crippen molar-refractivity contribution in [2.75, 3.05) is 13.1 Å². The molecule has 1 aliphatic rings. The second-order valence-corrected chi connectivity index (χ2v) is 5.34.